The van der Waals surface area contributed by atoms with Gasteiger partial charge < -0.3 is 9.32 Å². The van der Waals surface area contributed by atoms with Crippen molar-refractivity contribution in [2.45, 2.75) is 25.0 Å². The molecule has 22 heavy (non-hydrogen) atoms. The zero-order valence-electron chi connectivity index (χ0n) is 12.3. The summed E-state index contributed by atoms with van der Waals surface area (Å²) in [5.41, 5.74) is 1.46. The number of carbonyl (C=O) groups excluding carboxylic acids is 1. The predicted molar refractivity (Wildman–Crippen MR) is 82.5 cm³/mol. The Morgan fingerprint density at radius 3 is 2.95 bits per heavy atom. The monoisotopic (exact) mass is 340 g/mol. The summed E-state index contributed by atoms with van der Waals surface area (Å²) in [6, 6.07) is 3.32. The van der Waals surface area contributed by atoms with E-state index in [0.717, 1.165) is 12.0 Å². The van der Waals surface area contributed by atoms with Gasteiger partial charge in [-0.1, -0.05) is 0 Å². The van der Waals surface area contributed by atoms with Crippen LogP contribution in [0.15, 0.2) is 27.0 Å². The SMILES string of the molecule is CNS(=O)(=O)c1cc(C(=O)N2CCc3sccc3C2)c(C)o1. The lowest BCUT2D eigenvalue weighted by Gasteiger charge is -2.26. The van der Waals surface area contributed by atoms with Gasteiger partial charge in [0.2, 0.25) is 5.09 Å². The molecule has 0 saturated heterocycles. The zero-order valence-corrected chi connectivity index (χ0v) is 13.9. The molecule has 2 aromatic rings. The summed E-state index contributed by atoms with van der Waals surface area (Å²) in [7, 11) is -2.39. The van der Waals surface area contributed by atoms with Crippen LogP contribution in [0.2, 0.25) is 0 Å². The Kier molecular flexibility index (Phi) is 3.84. The summed E-state index contributed by atoms with van der Waals surface area (Å²) in [6.45, 7) is 2.78. The van der Waals surface area contributed by atoms with Crippen LogP contribution in [0.1, 0.15) is 26.6 Å². The number of thiophene rings is 1. The van der Waals surface area contributed by atoms with Gasteiger partial charge in [0.05, 0.1) is 5.56 Å². The second-order valence-corrected chi connectivity index (χ2v) is 7.91. The van der Waals surface area contributed by atoms with E-state index < -0.39 is 10.0 Å². The quantitative estimate of drug-likeness (QED) is 0.923. The predicted octanol–water partition coefficient (Wildman–Crippen LogP) is 1.76. The minimum Gasteiger partial charge on any atom is -0.448 e. The largest absolute Gasteiger partial charge is 0.448 e. The van der Waals surface area contributed by atoms with Crippen molar-refractivity contribution in [3.63, 3.8) is 0 Å². The van der Waals surface area contributed by atoms with Gasteiger partial charge in [-0.3, -0.25) is 4.79 Å². The summed E-state index contributed by atoms with van der Waals surface area (Å²) < 4.78 is 31.0. The molecule has 2 aromatic heterocycles. The van der Waals surface area contributed by atoms with Crippen molar-refractivity contribution in [3.8, 4) is 0 Å². The lowest BCUT2D eigenvalue weighted by Crippen LogP contribution is -2.35. The average molecular weight is 340 g/mol. The molecule has 0 spiro atoms. The van der Waals surface area contributed by atoms with Gasteiger partial charge in [-0.05, 0) is 37.4 Å². The van der Waals surface area contributed by atoms with Crippen LogP contribution in [-0.4, -0.2) is 32.8 Å². The number of nitrogens with one attached hydrogen (secondary N) is 1. The summed E-state index contributed by atoms with van der Waals surface area (Å²) in [4.78, 5) is 15.7. The summed E-state index contributed by atoms with van der Waals surface area (Å²) in [6.07, 6.45) is 0.831. The Morgan fingerprint density at radius 2 is 2.23 bits per heavy atom. The average Bonchev–Trinajstić information content (AvgIpc) is 3.12. The molecule has 1 aliphatic heterocycles. The maximum absolute atomic E-state index is 12.6. The number of sulfonamides is 1. The molecule has 0 bridgehead atoms. The molecule has 0 atom stereocenters. The van der Waals surface area contributed by atoms with E-state index in [-0.39, 0.29) is 11.0 Å². The van der Waals surface area contributed by atoms with Crippen molar-refractivity contribution < 1.29 is 17.6 Å². The first kappa shape index (κ1) is 15.3. The molecule has 6 nitrogen and oxygen atoms in total. The summed E-state index contributed by atoms with van der Waals surface area (Å²) in [5.74, 6) is 0.116. The second-order valence-electron chi connectivity index (χ2n) is 5.09. The van der Waals surface area contributed by atoms with Crippen LogP contribution in [0.4, 0.5) is 0 Å². The molecule has 1 N–H and O–H groups in total. The molecule has 0 aliphatic carbocycles. The molecule has 0 unspecified atom stereocenters. The minimum absolute atomic E-state index is 0.198. The highest BCUT2D eigenvalue weighted by Crippen LogP contribution is 2.27. The smallest absolute Gasteiger partial charge is 0.273 e. The van der Waals surface area contributed by atoms with Crippen LogP contribution in [-0.2, 0) is 23.0 Å². The first-order valence-corrected chi connectivity index (χ1v) is 9.17. The van der Waals surface area contributed by atoms with Crippen LogP contribution in [0.5, 0.6) is 0 Å². The molecular formula is C14H16N2O4S2. The maximum atomic E-state index is 12.6. The molecule has 0 radical (unpaired) electrons. The van der Waals surface area contributed by atoms with E-state index in [2.05, 4.69) is 4.72 Å². The molecule has 3 heterocycles. The molecule has 1 amide bonds. The molecular weight excluding hydrogens is 324 g/mol. The fourth-order valence-electron chi connectivity index (χ4n) is 2.49. The van der Waals surface area contributed by atoms with E-state index in [1.165, 1.54) is 18.0 Å². The Bertz CT molecular complexity index is 820. The third-order valence-corrected chi connectivity index (χ3v) is 6.05. The van der Waals surface area contributed by atoms with Gasteiger partial charge in [0, 0.05) is 24.0 Å². The van der Waals surface area contributed by atoms with Gasteiger partial charge in [-0.15, -0.1) is 11.3 Å². The van der Waals surface area contributed by atoms with Gasteiger partial charge in [0.25, 0.3) is 15.9 Å². The number of fused-ring (bicyclic) bond motifs is 1. The molecule has 0 fully saturated rings. The first-order valence-electron chi connectivity index (χ1n) is 6.81. The van der Waals surface area contributed by atoms with Crippen molar-refractivity contribution in [1.29, 1.82) is 0 Å². The fourth-order valence-corrected chi connectivity index (χ4v) is 4.09. The van der Waals surface area contributed by atoms with Gasteiger partial charge >= 0.3 is 0 Å². The first-order chi connectivity index (χ1) is 10.4. The van der Waals surface area contributed by atoms with E-state index >= 15 is 0 Å². The third kappa shape index (κ3) is 2.57. The van der Waals surface area contributed by atoms with Gasteiger partial charge in [-0.25, -0.2) is 13.1 Å². The summed E-state index contributed by atoms with van der Waals surface area (Å²) >= 11 is 1.70. The number of carbonyl (C=O) groups is 1. The Labute approximate surface area is 132 Å². The lowest BCUT2D eigenvalue weighted by molar-refractivity contribution is 0.0734. The highest BCUT2D eigenvalue weighted by Gasteiger charge is 2.27. The van der Waals surface area contributed by atoms with E-state index in [9.17, 15) is 13.2 Å². The normalized spacial score (nSPS) is 14.9. The highest BCUT2D eigenvalue weighted by atomic mass is 32.2. The van der Waals surface area contributed by atoms with Crippen LogP contribution in [0, 0.1) is 6.92 Å². The Balaban J connectivity index is 1.88. The third-order valence-electron chi connectivity index (χ3n) is 3.75. The Morgan fingerprint density at radius 1 is 1.45 bits per heavy atom. The van der Waals surface area contributed by atoms with E-state index in [1.807, 2.05) is 11.4 Å². The number of amides is 1. The highest BCUT2D eigenvalue weighted by molar-refractivity contribution is 7.89. The lowest BCUT2D eigenvalue weighted by atomic mass is 10.1. The van der Waals surface area contributed by atoms with Gasteiger partial charge in [0.1, 0.15) is 5.76 Å². The van der Waals surface area contributed by atoms with Crippen molar-refractivity contribution in [3.05, 3.63) is 39.3 Å². The number of aryl methyl sites for hydroxylation is 1. The molecule has 3 rings (SSSR count). The van der Waals surface area contributed by atoms with E-state index in [0.29, 0.717) is 24.4 Å². The second kappa shape index (κ2) is 5.53. The van der Waals surface area contributed by atoms with Crippen LogP contribution in [0.3, 0.4) is 0 Å². The van der Waals surface area contributed by atoms with Crippen LogP contribution < -0.4 is 4.72 Å². The molecule has 118 valence electrons. The number of rotatable bonds is 3. The number of hydrogen-bond acceptors (Lipinski definition) is 5. The molecule has 8 heteroatoms. The maximum Gasteiger partial charge on any atom is 0.273 e. The summed E-state index contributed by atoms with van der Waals surface area (Å²) in [5, 5.41) is 1.79. The minimum atomic E-state index is -3.69. The standard InChI is InChI=1S/C14H16N2O4S2/c1-9-11(7-13(20-9)22(18,19)15-2)14(17)16-5-3-12-10(8-16)4-6-21-12/h4,6-7,15H,3,5,8H2,1-2H3. The molecule has 0 aromatic carbocycles. The fraction of sp³-hybridized carbons (Fsp3) is 0.357. The van der Waals surface area contributed by atoms with Crippen molar-refractivity contribution >= 4 is 27.3 Å². The van der Waals surface area contributed by atoms with Gasteiger partial charge in [-0.2, -0.15) is 0 Å². The van der Waals surface area contributed by atoms with E-state index in [1.54, 1.807) is 23.2 Å². The van der Waals surface area contributed by atoms with Crippen molar-refractivity contribution in [2.24, 2.45) is 0 Å². The number of nitrogens with zero attached hydrogens (tertiary/aromatic N) is 1. The molecule has 1 aliphatic rings. The zero-order chi connectivity index (χ0) is 15.9. The van der Waals surface area contributed by atoms with Crippen molar-refractivity contribution in [2.75, 3.05) is 13.6 Å². The van der Waals surface area contributed by atoms with E-state index in [4.69, 9.17) is 4.42 Å². The number of hydrogen-bond donors (Lipinski definition) is 1. The molecule has 0 saturated carbocycles. The number of furan rings is 1. The van der Waals surface area contributed by atoms with Crippen molar-refractivity contribution in [1.82, 2.24) is 9.62 Å². The Hall–Kier alpha value is -1.64. The van der Waals surface area contributed by atoms with Crippen LogP contribution in [0.25, 0.3) is 0 Å². The van der Waals surface area contributed by atoms with Crippen LogP contribution >= 0.6 is 11.3 Å². The van der Waals surface area contributed by atoms with Gasteiger partial charge in [0.15, 0.2) is 0 Å². The topological polar surface area (TPSA) is 79.6 Å².